The summed E-state index contributed by atoms with van der Waals surface area (Å²) in [5, 5.41) is 0. The van der Waals surface area contributed by atoms with E-state index in [4.69, 9.17) is 4.52 Å². The summed E-state index contributed by atoms with van der Waals surface area (Å²) in [6.07, 6.45) is -1.70. The van der Waals surface area contributed by atoms with Crippen LogP contribution in [0.25, 0.3) is 0 Å². The number of hydrogen-bond donors (Lipinski definition) is 10. The predicted octanol–water partition coefficient (Wildman–Crippen LogP) is 2.73. The number of unbranched alkanes of at least 4 members (excludes halogenated alkanes) is 2. The van der Waals surface area contributed by atoms with E-state index in [0.29, 0.717) is 0 Å². The summed E-state index contributed by atoms with van der Waals surface area (Å²) in [7, 11) is -48.8. The first kappa shape index (κ1) is 51.2. The zero-order chi connectivity index (χ0) is 40.2. The van der Waals surface area contributed by atoms with Gasteiger partial charge in [0, 0.05) is 45.7 Å². The molecule has 0 radical (unpaired) electrons. The van der Waals surface area contributed by atoms with E-state index < -0.39 is 124 Å². The molecule has 0 aliphatic rings. The molecular formula is C11H24O30P10+10. The minimum absolute atomic E-state index is 0.0889. The second-order valence-corrected chi connectivity index (χ2v) is 15.0. The van der Waals surface area contributed by atoms with E-state index in [1.165, 1.54) is 6.92 Å². The predicted molar refractivity (Wildman–Crippen MR) is 153 cm³/mol. The molecule has 0 bridgehead atoms. The van der Waals surface area contributed by atoms with Crippen LogP contribution in [-0.4, -0.2) is 77.9 Å². The zero-order valence-electron chi connectivity index (χ0n) is 24.4. The second kappa shape index (κ2) is 22.1. The van der Waals surface area contributed by atoms with Crippen molar-refractivity contribution < 1.29 is 140 Å². The highest BCUT2D eigenvalue weighted by molar-refractivity contribution is 7.35. The Morgan fingerprint density at radius 2 is 0.627 bits per heavy atom. The molecule has 30 nitrogen and oxygen atoms in total. The molecule has 0 rings (SSSR count). The Morgan fingerprint density at radius 3 is 0.882 bits per heavy atom. The highest BCUT2D eigenvalue weighted by Gasteiger charge is 3.02. The van der Waals surface area contributed by atoms with Gasteiger partial charge in [-0.05, 0) is 26.9 Å². The Bertz CT molecular complexity index is 1330. The Kier molecular flexibility index (Phi) is 22.2. The van der Waals surface area contributed by atoms with Gasteiger partial charge in [-0.25, -0.2) is 0 Å². The van der Waals surface area contributed by atoms with Crippen LogP contribution in [0.2, 0.25) is 0 Å². The topological polar surface area (TPSA) is 465 Å². The molecule has 288 valence electrons. The Labute approximate surface area is 290 Å². The highest BCUT2D eigenvalue weighted by Crippen LogP contribution is 2.68. The lowest BCUT2D eigenvalue weighted by atomic mass is 9.79. The van der Waals surface area contributed by atoms with E-state index in [2.05, 4.69) is 40.7 Å². The quantitative estimate of drug-likeness (QED) is 0.0306. The largest absolute Gasteiger partial charge is 0.700 e. The standard InChI is InChI=1S/C11H14O30P10/c1-3-4-5-6-7(2,32-42(12)13)8(33-43(14)15,34-44(16)17)9(35-45(18)19,36-46(20)21)10(37-47(22)23,38-48(24)25)11(39-49(26)27,40-50(28)29)41-51(30)31/h3-6H2,1-2H3/p+10. The summed E-state index contributed by atoms with van der Waals surface area (Å²) in [5.41, 5.74) is -3.71. The van der Waals surface area contributed by atoms with E-state index in [1.54, 1.807) is 0 Å². The van der Waals surface area contributed by atoms with Crippen molar-refractivity contribution in [2.24, 2.45) is 0 Å². The van der Waals surface area contributed by atoms with Gasteiger partial charge < -0.3 is 0 Å². The smallest absolute Gasteiger partial charge is 0.133 e. The molecule has 0 saturated carbocycles. The number of rotatable bonds is 28. The zero-order valence-corrected chi connectivity index (χ0v) is 33.4. The van der Waals surface area contributed by atoms with Gasteiger partial charge in [0.25, 0.3) is 0 Å². The monoisotopic (exact) mass is 946 g/mol. The van der Waals surface area contributed by atoms with Gasteiger partial charge in [0.1, 0.15) is 0 Å². The molecule has 40 heteroatoms. The van der Waals surface area contributed by atoms with Crippen LogP contribution in [0, 0.1) is 0 Å². The summed E-state index contributed by atoms with van der Waals surface area (Å²) in [4.78, 5) is 98.6. The lowest BCUT2D eigenvalue weighted by molar-refractivity contribution is -0.501. The molecule has 0 heterocycles. The molecule has 0 amide bonds. The van der Waals surface area contributed by atoms with Gasteiger partial charge >= 0.3 is 106 Å². The Morgan fingerprint density at radius 1 is 0.373 bits per heavy atom. The summed E-state index contributed by atoms with van der Waals surface area (Å²) in [6.45, 7) is 1.74. The molecule has 51 heavy (non-hydrogen) atoms. The third-order valence-corrected chi connectivity index (χ3v) is 9.57. The Balaban J connectivity index is 10.1. The minimum Gasteiger partial charge on any atom is -0.133 e. The molecule has 10 N–H and O–H groups in total. The maximum atomic E-state index is 12.6. The first-order valence-corrected chi connectivity index (χ1v) is 23.1. The molecule has 0 spiro atoms. The number of hydrogen-bond acceptors (Lipinski definition) is 20. The molecular weight excluding hydrogens is 922 g/mol. The summed E-state index contributed by atoms with van der Waals surface area (Å²) < 4.78 is 168. The van der Waals surface area contributed by atoms with Crippen molar-refractivity contribution in [3.8, 4) is 0 Å². The average Bonchev–Trinajstić information content (AvgIpc) is 2.88. The summed E-state index contributed by atoms with van der Waals surface area (Å²) >= 11 is 0. The molecule has 0 aromatic rings. The lowest BCUT2D eigenvalue weighted by Crippen LogP contribution is -2.83. The van der Waals surface area contributed by atoms with E-state index in [0.717, 1.165) is 0 Å². The van der Waals surface area contributed by atoms with Gasteiger partial charge in [-0.1, -0.05) is 53.3 Å². The van der Waals surface area contributed by atoms with Crippen LogP contribution >= 0.6 is 82.5 Å². The van der Waals surface area contributed by atoms with E-state index in [1.807, 2.05) is 0 Å². The third-order valence-electron chi connectivity index (χ3n) is 5.34. The molecule has 11 atom stereocenters. The fourth-order valence-electron chi connectivity index (χ4n) is 3.96. The first-order chi connectivity index (χ1) is 23.2. The normalized spacial score (nSPS) is 20.9. The maximum Gasteiger partial charge on any atom is 0.700 e. The van der Waals surface area contributed by atoms with Crippen molar-refractivity contribution in [2.45, 2.75) is 68.5 Å². The van der Waals surface area contributed by atoms with Crippen LogP contribution in [0.1, 0.15) is 39.5 Å². The van der Waals surface area contributed by atoms with Crippen LogP contribution < -0.4 is 0 Å². The lowest BCUT2D eigenvalue weighted by Gasteiger charge is -2.45. The first-order valence-electron chi connectivity index (χ1n) is 11.8. The van der Waals surface area contributed by atoms with Crippen molar-refractivity contribution in [3.05, 3.63) is 0 Å². The van der Waals surface area contributed by atoms with Crippen LogP contribution in [0.4, 0.5) is 0 Å². The molecule has 0 fully saturated rings. The minimum atomic E-state index is -5.66. The summed E-state index contributed by atoms with van der Waals surface area (Å²) in [6, 6.07) is 0. The molecule has 0 aliphatic heterocycles. The fraction of sp³-hybridized carbons (Fsp3) is 1.00. The summed E-state index contributed by atoms with van der Waals surface area (Å²) in [5.74, 6) is -21.7. The van der Waals surface area contributed by atoms with Crippen molar-refractivity contribution >= 4 is 82.5 Å². The van der Waals surface area contributed by atoms with Crippen molar-refractivity contribution in [1.29, 1.82) is 0 Å². The van der Waals surface area contributed by atoms with Gasteiger partial charge in [-0.15, -0.1) is 53.5 Å². The second-order valence-electron chi connectivity index (χ2n) is 8.39. The third kappa shape index (κ3) is 13.7. The maximum absolute atomic E-state index is 12.6. The van der Waals surface area contributed by atoms with Crippen LogP contribution in [0.3, 0.4) is 0 Å². The van der Waals surface area contributed by atoms with Crippen LogP contribution in [0.15, 0.2) is 0 Å². The Hall–Kier alpha value is 0.200. The molecule has 0 saturated heterocycles. The van der Waals surface area contributed by atoms with E-state index in [-0.39, 0.29) is 19.8 Å². The van der Waals surface area contributed by atoms with Crippen LogP contribution in [0.5, 0.6) is 0 Å². The molecule has 0 aromatic heterocycles. The molecule has 11 unspecified atom stereocenters. The highest BCUT2D eigenvalue weighted by atomic mass is 31.2. The van der Waals surface area contributed by atoms with Gasteiger partial charge in [0.2, 0.25) is 0 Å². The SMILES string of the molecule is CCCCCC(C)(O[P+](=O)O)C(O[P+](=O)O)(O[P+](=O)O)C(O[P+](=O)O)(O[P+](=O)O)C(O[P+](=O)O)(O[P+](=O)O)C(O[P+](=O)O)(O[P+](=O)O)O[P+](=O)O. The van der Waals surface area contributed by atoms with Crippen molar-refractivity contribution in [3.63, 3.8) is 0 Å². The fourth-order valence-corrected chi connectivity index (χ4v) is 9.18. The average molecular weight is 946 g/mol. The van der Waals surface area contributed by atoms with Gasteiger partial charge in [0.15, 0.2) is 5.60 Å². The van der Waals surface area contributed by atoms with Crippen molar-refractivity contribution in [1.82, 2.24) is 0 Å². The van der Waals surface area contributed by atoms with Crippen LogP contribution in [-0.2, 0) is 90.9 Å². The van der Waals surface area contributed by atoms with Crippen molar-refractivity contribution in [2.75, 3.05) is 0 Å². The molecule has 0 aliphatic carbocycles. The van der Waals surface area contributed by atoms with Gasteiger partial charge in [0.05, 0.1) is 0 Å². The molecule has 0 aromatic carbocycles. The van der Waals surface area contributed by atoms with Gasteiger partial charge in [-0.2, -0.15) is 0 Å². The van der Waals surface area contributed by atoms with Gasteiger partial charge in [-0.3, -0.25) is 0 Å². The van der Waals surface area contributed by atoms with E-state index >= 15 is 0 Å². The van der Waals surface area contributed by atoms with E-state index in [9.17, 15) is 94.6 Å².